The van der Waals surface area contributed by atoms with E-state index >= 15 is 0 Å². The molecular weight excluding hydrogens is 360 g/mol. The largest absolute Gasteiger partial charge is 0.322 e. The summed E-state index contributed by atoms with van der Waals surface area (Å²) in [6, 6.07) is 9.84. The second-order valence-corrected chi connectivity index (χ2v) is 7.70. The lowest BCUT2D eigenvalue weighted by molar-refractivity contribution is 0.102. The number of sulfonamides is 1. The number of anilines is 1. The number of carbonyl (C=O) groups excluding carboxylic acids is 1. The van der Waals surface area contributed by atoms with E-state index in [1.165, 1.54) is 24.3 Å². The van der Waals surface area contributed by atoms with Crippen LogP contribution in [0.25, 0.3) is 0 Å². The maximum absolute atomic E-state index is 12.5. The standard InChI is InChI=1S/C18H19ClN2O3S/c1-4-9-20-25(23,24)17-11-14(7-8-15(17)19)18(22)21-16-10-12(2)5-6-13(16)3/h4-8,10-11,20H,1,9H2,2-3H3,(H,21,22). The molecule has 0 unspecified atom stereocenters. The van der Waals surface area contributed by atoms with Gasteiger partial charge in [-0.15, -0.1) is 6.58 Å². The van der Waals surface area contributed by atoms with Gasteiger partial charge >= 0.3 is 0 Å². The average Bonchev–Trinajstić information content (AvgIpc) is 2.56. The molecule has 0 bridgehead atoms. The first-order valence-corrected chi connectivity index (χ1v) is 9.39. The van der Waals surface area contributed by atoms with E-state index in [4.69, 9.17) is 11.6 Å². The highest BCUT2D eigenvalue weighted by Crippen LogP contribution is 2.24. The summed E-state index contributed by atoms with van der Waals surface area (Å²) >= 11 is 5.99. The van der Waals surface area contributed by atoms with E-state index in [0.717, 1.165) is 11.1 Å². The zero-order chi connectivity index (χ0) is 18.6. The first kappa shape index (κ1) is 19.2. The van der Waals surface area contributed by atoms with E-state index < -0.39 is 15.9 Å². The Kier molecular flexibility index (Phi) is 6.00. The average molecular weight is 379 g/mol. The van der Waals surface area contributed by atoms with Crippen LogP contribution in [-0.4, -0.2) is 20.9 Å². The van der Waals surface area contributed by atoms with Gasteiger partial charge in [0.05, 0.1) is 5.02 Å². The van der Waals surface area contributed by atoms with Gasteiger partial charge in [0.25, 0.3) is 5.91 Å². The smallest absolute Gasteiger partial charge is 0.255 e. The molecule has 0 aliphatic heterocycles. The molecule has 0 saturated heterocycles. The number of carbonyl (C=O) groups is 1. The van der Waals surface area contributed by atoms with Crippen LogP contribution < -0.4 is 10.0 Å². The van der Waals surface area contributed by atoms with Gasteiger partial charge in [0.1, 0.15) is 4.90 Å². The highest BCUT2D eigenvalue weighted by atomic mass is 35.5. The molecule has 5 nitrogen and oxygen atoms in total. The van der Waals surface area contributed by atoms with Crippen LogP contribution in [0.1, 0.15) is 21.5 Å². The summed E-state index contributed by atoms with van der Waals surface area (Å²) in [6.07, 6.45) is 1.42. The van der Waals surface area contributed by atoms with Crippen LogP contribution in [0.4, 0.5) is 5.69 Å². The van der Waals surface area contributed by atoms with Crippen molar-refractivity contribution in [2.45, 2.75) is 18.7 Å². The summed E-state index contributed by atoms with van der Waals surface area (Å²) in [5.41, 5.74) is 2.79. The molecule has 2 aromatic carbocycles. The zero-order valence-electron chi connectivity index (χ0n) is 14.0. The minimum atomic E-state index is -3.83. The van der Waals surface area contributed by atoms with Crippen molar-refractivity contribution in [3.8, 4) is 0 Å². The number of hydrogen-bond acceptors (Lipinski definition) is 3. The fourth-order valence-electron chi connectivity index (χ4n) is 2.16. The number of benzene rings is 2. The summed E-state index contributed by atoms with van der Waals surface area (Å²) in [7, 11) is -3.83. The summed E-state index contributed by atoms with van der Waals surface area (Å²) in [5.74, 6) is -0.412. The van der Waals surface area contributed by atoms with E-state index in [2.05, 4.69) is 16.6 Å². The molecule has 25 heavy (non-hydrogen) atoms. The molecule has 0 aliphatic carbocycles. The van der Waals surface area contributed by atoms with Crippen molar-refractivity contribution in [2.75, 3.05) is 11.9 Å². The molecular formula is C18H19ClN2O3S. The highest BCUT2D eigenvalue weighted by molar-refractivity contribution is 7.89. The van der Waals surface area contributed by atoms with Gasteiger partial charge in [-0.1, -0.05) is 29.8 Å². The maximum Gasteiger partial charge on any atom is 0.255 e. The molecule has 2 aromatic rings. The number of rotatable bonds is 6. The van der Waals surface area contributed by atoms with E-state index in [-0.39, 0.29) is 22.0 Å². The van der Waals surface area contributed by atoms with Crippen LogP contribution in [0.5, 0.6) is 0 Å². The lowest BCUT2D eigenvalue weighted by atomic mass is 10.1. The van der Waals surface area contributed by atoms with Gasteiger partial charge in [0.2, 0.25) is 10.0 Å². The third-order valence-corrected chi connectivity index (χ3v) is 5.45. The normalized spacial score (nSPS) is 11.2. The monoisotopic (exact) mass is 378 g/mol. The molecule has 2 N–H and O–H groups in total. The lowest BCUT2D eigenvalue weighted by Gasteiger charge is -2.11. The van der Waals surface area contributed by atoms with E-state index in [9.17, 15) is 13.2 Å². The Morgan fingerprint density at radius 1 is 1.20 bits per heavy atom. The second-order valence-electron chi connectivity index (χ2n) is 5.56. The molecule has 0 radical (unpaired) electrons. The summed E-state index contributed by atoms with van der Waals surface area (Å²) in [6.45, 7) is 7.34. The second kappa shape index (κ2) is 7.82. The first-order valence-electron chi connectivity index (χ1n) is 7.53. The summed E-state index contributed by atoms with van der Waals surface area (Å²) < 4.78 is 26.9. The third kappa shape index (κ3) is 4.69. The number of hydrogen-bond donors (Lipinski definition) is 2. The topological polar surface area (TPSA) is 75.3 Å². The highest BCUT2D eigenvalue weighted by Gasteiger charge is 2.19. The number of aryl methyl sites for hydroxylation is 2. The summed E-state index contributed by atoms with van der Waals surface area (Å²) in [4.78, 5) is 12.3. The minimum Gasteiger partial charge on any atom is -0.322 e. The number of nitrogens with one attached hydrogen (secondary N) is 2. The van der Waals surface area contributed by atoms with Crippen LogP contribution in [0, 0.1) is 13.8 Å². The maximum atomic E-state index is 12.5. The van der Waals surface area contributed by atoms with E-state index in [0.29, 0.717) is 5.69 Å². The molecule has 0 saturated carbocycles. The predicted molar refractivity (Wildman–Crippen MR) is 101 cm³/mol. The van der Waals surface area contributed by atoms with Crippen LogP contribution in [-0.2, 0) is 10.0 Å². The number of amides is 1. The molecule has 0 aliphatic rings. The first-order chi connectivity index (χ1) is 11.7. The Morgan fingerprint density at radius 3 is 2.60 bits per heavy atom. The Balaban J connectivity index is 2.34. The molecule has 132 valence electrons. The van der Waals surface area contributed by atoms with Crippen LogP contribution in [0.2, 0.25) is 5.02 Å². The van der Waals surface area contributed by atoms with Crippen molar-refractivity contribution >= 4 is 33.2 Å². The molecule has 2 rings (SSSR count). The van der Waals surface area contributed by atoms with Crippen molar-refractivity contribution in [2.24, 2.45) is 0 Å². The van der Waals surface area contributed by atoms with Crippen molar-refractivity contribution in [3.63, 3.8) is 0 Å². The van der Waals surface area contributed by atoms with Crippen LogP contribution in [0.3, 0.4) is 0 Å². The minimum absolute atomic E-state index is 0.0415. The fourth-order valence-corrected chi connectivity index (χ4v) is 3.68. The lowest BCUT2D eigenvalue weighted by Crippen LogP contribution is -2.24. The van der Waals surface area contributed by atoms with Gasteiger partial charge in [-0.05, 0) is 49.2 Å². The Bertz CT molecular complexity index is 924. The third-order valence-electron chi connectivity index (χ3n) is 3.54. The molecule has 0 aromatic heterocycles. The Hall–Kier alpha value is -2.15. The van der Waals surface area contributed by atoms with Crippen molar-refractivity contribution in [1.82, 2.24) is 4.72 Å². The van der Waals surface area contributed by atoms with Gasteiger partial charge in [0, 0.05) is 17.8 Å². The zero-order valence-corrected chi connectivity index (χ0v) is 15.5. The van der Waals surface area contributed by atoms with Crippen molar-refractivity contribution in [3.05, 3.63) is 70.8 Å². The molecule has 7 heteroatoms. The molecule has 1 amide bonds. The molecule has 0 heterocycles. The molecule has 0 atom stereocenters. The van der Waals surface area contributed by atoms with Crippen LogP contribution >= 0.6 is 11.6 Å². The van der Waals surface area contributed by atoms with E-state index in [1.807, 2.05) is 32.0 Å². The van der Waals surface area contributed by atoms with Crippen LogP contribution in [0.15, 0.2) is 53.9 Å². The van der Waals surface area contributed by atoms with Gasteiger partial charge < -0.3 is 5.32 Å². The summed E-state index contributed by atoms with van der Waals surface area (Å²) in [5, 5.41) is 2.84. The Labute approximate surface area is 152 Å². The SMILES string of the molecule is C=CCNS(=O)(=O)c1cc(C(=O)Nc2cc(C)ccc2C)ccc1Cl. The van der Waals surface area contributed by atoms with Gasteiger partial charge in [0.15, 0.2) is 0 Å². The Morgan fingerprint density at radius 2 is 1.92 bits per heavy atom. The van der Waals surface area contributed by atoms with Gasteiger partial charge in [-0.2, -0.15) is 0 Å². The number of halogens is 1. The quantitative estimate of drug-likeness (QED) is 0.753. The van der Waals surface area contributed by atoms with E-state index in [1.54, 1.807) is 0 Å². The predicted octanol–water partition coefficient (Wildman–Crippen LogP) is 3.67. The molecule has 0 spiro atoms. The fraction of sp³-hybridized carbons (Fsp3) is 0.167. The van der Waals surface area contributed by atoms with Gasteiger partial charge in [-0.3, -0.25) is 4.79 Å². The van der Waals surface area contributed by atoms with Crippen molar-refractivity contribution < 1.29 is 13.2 Å². The van der Waals surface area contributed by atoms with Crippen molar-refractivity contribution in [1.29, 1.82) is 0 Å². The van der Waals surface area contributed by atoms with Gasteiger partial charge in [-0.25, -0.2) is 13.1 Å². The molecule has 0 fully saturated rings.